The molecule has 0 aromatic heterocycles. The van der Waals surface area contributed by atoms with Crippen LogP contribution in [0.2, 0.25) is 0 Å². The van der Waals surface area contributed by atoms with Crippen molar-refractivity contribution in [3.8, 4) is 0 Å². The molecule has 0 bridgehead atoms. The lowest BCUT2D eigenvalue weighted by Gasteiger charge is -2.38. The largest absolute Gasteiger partial charge is 0.392 e. The molecule has 0 saturated heterocycles. The maximum Gasteiger partial charge on any atom is 0.314 e. The summed E-state index contributed by atoms with van der Waals surface area (Å²) in [5.74, 6) is 0.795. The van der Waals surface area contributed by atoms with Crippen molar-refractivity contribution in [1.82, 2.24) is 10.6 Å². The van der Waals surface area contributed by atoms with Gasteiger partial charge in [-0.1, -0.05) is 19.8 Å². The number of aliphatic hydroxyl groups excluding tert-OH is 1. The van der Waals surface area contributed by atoms with Gasteiger partial charge in [-0.2, -0.15) is 0 Å². The van der Waals surface area contributed by atoms with Gasteiger partial charge in [-0.05, 0) is 38.0 Å². The molecule has 5 heteroatoms. The fraction of sp³-hybridized carbons (Fsp3) is 0.938. The summed E-state index contributed by atoms with van der Waals surface area (Å²) in [6.07, 6.45) is 7.21. The number of ether oxygens (including phenoxy) is 1. The van der Waals surface area contributed by atoms with Crippen molar-refractivity contribution in [3.05, 3.63) is 0 Å². The highest BCUT2D eigenvalue weighted by molar-refractivity contribution is 5.73. The van der Waals surface area contributed by atoms with E-state index in [2.05, 4.69) is 17.6 Å². The van der Waals surface area contributed by atoms with Crippen LogP contribution in [-0.4, -0.2) is 43.5 Å². The second kappa shape index (κ2) is 7.99. The molecule has 2 aliphatic carbocycles. The second-order valence-corrected chi connectivity index (χ2v) is 6.90. The highest BCUT2D eigenvalue weighted by Crippen LogP contribution is 2.35. The number of aliphatic hydroxyl groups is 1. The summed E-state index contributed by atoms with van der Waals surface area (Å²) >= 11 is 0. The predicted octanol–water partition coefficient (Wildman–Crippen LogP) is 2.04. The Morgan fingerprint density at radius 1 is 1.29 bits per heavy atom. The van der Waals surface area contributed by atoms with E-state index in [1.807, 2.05) is 0 Å². The lowest BCUT2D eigenvalue weighted by molar-refractivity contribution is 0.00309. The third-order valence-corrected chi connectivity index (χ3v) is 4.73. The summed E-state index contributed by atoms with van der Waals surface area (Å²) in [5.41, 5.74) is -0.178. The van der Waals surface area contributed by atoms with Gasteiger partial charge in [0.05, 0.1) is 6.10 Å². The SMILES string of the molecule is CC1(CNC(=O)NCCCOCC2CC2)CCCCC1O. The van der Waals surface area contributed by atoms with Gasteiger partial charge < -0.3 is 20.5 Å². The maximum atomic E-state index is 11.7. The van der Waals surface area contributed by atoms with Crippen LogP contribution < -0.4 is 10.6 Å². The van der Waals surface area contributed by atoms with Gasteiger partial charge in [0.1, 0.15) is 0 Å². The number of hydrogen-bond acceptors (Lipinski definition) is 3. The Morgan fingerprint density at radius 3 is 2.81 bits per heavy atom. The van der Waals surface area contributed by atoms with Crippen LogP contribution in [0.25, 0.3) is 0 Å². The molecule has 122 valence electrons. The molecule has 2 fully saturated rings. The van der Waals surface area contributed by atoms with Crippen molar-refractivity contribution in [2.24, 2.45) is 11.3 Å². The minimum absolute atomic E-state index is 0.142. The third kappa shape index (κ3) is 5.83. The van der Waals surface area contributed by atoms with E-state index in [-0.39, 0.29) is 17.6 Å². The summed E-state index contributed by atoms with van der Waals surface area (Å²) in [6.45, 7) is 4.83. The number of carbonyl (C=O) groups is 1. The zero-order valence-corrected chi connectivity index (χ0v) is 13.2. The molecule has 0 heterocycles. The van der Waals surface area contributed by atoms with Gasteiger partial charge in [0.2, 0.25) is 0 Å². The van der Waals surface area contributed by atoms with Crippen LogP contribution in [0, 0.1) is 11.3 Å². The van der Waals surface area contributed by atoms with Crippen LogP contribution in [0.1, 0.15) is 51.9 Å². The minimum atomic E-state index is -0.303. The van der Waals surface area contributed by atoms with E-state index in [4.69, 9.17) is 4.74 Å². The Morgan fingerprint density at radius 2 is 2.10 bits per heavy atom. The van der Waals surface area contributed by atoms with Gasteiger partial charge in [-0.3, -0.25) is 0 Å². The first kappa shape index (κ1) is 16.6. The lowest BCUT2D eigenvalue weighted by Crippen LogP contribution is -2.47. The molecule has 0 spiro atoms. The first-order chi connectivity index (χ1) is 10.1. The molecule has 2 saturated carbocycles. The minimum Gasteiger partial charge on any atom is -0.392 e. The number of hydrogen-bond donors (Lipinski definition) is 3. The first-order valence-electron chi connectivity index (χ1n) is 8.38. The van der Waals surface area contributed by atoms with Gasteiger partial charge in [-0.25, -0.2) is 4.79 Å². The summed E-state index contributed by atoms with van der Waals surface area (Å²) in [4.78, 5) is 11.7. The zero-order chi connectivity index (χ0) is 15.1. The van der Waals surface area contributed by atoms with Gasteiger partial charge in [0.25, 0.3) is 0 Å². The average molecular weight is 298 g/mol. The van der Waals surface area contributed by atoms with E-state index in [9.17, 15) is 9.90 Å². The molecule has 0 aromatic carbocycles. The Labute approximate surface area is 127 Å². The topological polar surface area (TPSA) is 70.6 Å². The van der Waals surface area contributed by atoms with Crippen molar-refractivity contribution in [3.63, 3.8) is 0 Å². The monoisotopic (exact) mass is 298 g/mol. The van der Waals surface area contributed by atoms with Crippen molar-refractivity contribution in [1.29, 1.82) is 0 Å². The normalized spacial score (nSPS) is 29.1. The molecule has 2 atom stereocenters. The fourth-order valence-corrected chi connectivity index (χ4v) is 2.84. The van der Waals surface area contributed by atoms with E-state index in [1.165, 1.54) is 12.8 Å². The standard InChI is InChI=1S/C16H30N2O3/c1-16(8-3-2-5-14(16)19)12-18-15(20)17-9-4-10-21-11-13-6-7-13/h13-14,19H,2-12H2,1H3,(H2,17,18,20). The molecule has 0 aromatic rings. The van der Waals surface area contributed by atoms with Gasteiger partial charge in [0.15, 0.2) is 0 Å². The highest BCUT2D eigenvalue weighted by Gasteiger charge is 2.35. The number of rotatable bonds is 8. The highest BCUT2D eigenvalue weighted by atomic mass is 16.5. The van der Waals surface area contributed by atoms with E-state index in [1.54, 1.807) is 0 Å². The second-order valence-electron chi connectivity index (χ2n) is 6.90. The van der Waals surface area contributed by atoms with Crippen molar-refractivity contribution in [2.45, 2.75) is 58.0 Å². The van der Waals surface area contributed by atoms with Crippen LogP contribution in [0.4, 0.5) is 4.79 Å². The number of nitrogens with one attached hydrogen (secondary N) is 2. The van der Waals surface area contributed by atoms with E-state index in [0.29, 0.717) is 19.7 Å². The summed E-state index contributed by atoms with van der Waals surface area (Å²) in [5, 5.41) is 15.8. The molecule has 0 radical (unpaired) electrons. The van der Waals surface area contributed by atoms with E-state index in [0.717, 1.165) is 44.6 Å². The molecule has 5 nitrogen and oxygen atoms in total. The van der Waals surface area contributed by atoms with Gasteiger partial charge in [-0.15, -0.1) is 0 Å². The molecule has 21 heavy (non-hydrogen) atoms. The van der Waals surface area contributed by atoms with Crippen molar-refractivity contribution < 1.29 is 14.6 Å². The third-order valence-electron chi connectivity index (χ3n) is 4.73. The van der Waals surface area contributed by atoms with Crippen LogP contribution in [0.3, 0.4) is 0 Å². The zero-order valence-electron chi connectivity index (χ0n) is 13.2. The number of carbonyl (C=O) groups excluding carboxylic acids is 1. The Bertz CT molecular complexity index is 333. The fourth-order valence-electron chi connectivity index (χ4n) is 2.84. The summed E-state index contributed by atoms with van der Waals surface area (Å²) in [6, 6.07) is -0.142. The maximum absolute atomic E-state index is 11.7. The Hall–Kier alpha value is -0.810. The summed E-state index contributed by atoms with van der Waals surface area (Å²) < 4.78 is 5.52. The lowest BCUT2D eigenvalue weighted by atomic mass is 9.73. The molecular formula is C16H30N2O3. The van der Waals surface area contributed by atoms with Crippen LogP contribution >= 0.6 is 0 Å². The average Bonchev–Trinajstić information content (AvgIpc) is 3.28. The molecule has 3 N–H and O–H groups in total. The smallest absolute Gasteiger partial charge is 0.314 e. The predicted molar refractivity (Wildman–Crippen MR) is 82.1 cm³/mol. The van der Waals surface area contributed by atoms with Gasteiger partial charge >= 0.3 is 6.03 Å². The number of urea groups is 1. The molecular weight excluding hydrogens is 268 g/mol. The van der Waals surface area contributed by atoms with Gasteiger partial charge in [0, 0.05) is 31.7 Å². The first-order valence-corrected chi connectivity index (χ1v) is 8.38. The number of amides is 2. The van der Waals surface area contributed by atoms with Crippen molar-refractivity contribution >= 4 is 6.03 Å². The molecule has 0 aliphatic heterocycles. The molecule has 2 rings (SSSR count). The molecule has 2 unspecified atom stereocenters. The quantitative estimate of drug-likeness (QED) is 0.601. The summed E-state index contributed by atoms with van der Waals surface area (Å²) in [7, 11) is 0. The van der Waals surface area contributed by atoms with Crippen LogP contribution in [0.15, 0.2) is 0 Å². The molecule has 2 amide bonds. The molecule has 2 aliphatic rings. The Balaban J connectivity index is 1.50. The van der Waals surface area contributed by atoms with Crippen LogP contribution in [-0.2, 0) is 4.74 Å². The van der Waals surface area contributed by atoms with Crippen LogP contribution in [0.5, 0.6) is 0 Å². The van der Waals surface area contributed by atoms with E-state index >= 15 is 0 Å². The van der Waals surface area contributed by atoms with E-state index < -0.39 is 0 Å². The Kier molecular flexibility index (Phi) is 6.30. The van der Waals surface area contributed by atoms with Crippen molar-refractivity contribution in [2.75, 3.05) is 26.3 Å².